The molecule has 0 saturated heterocycles. The second kappa shape index (κ2) is 6.48. The molecule has 116 valence electrons. The number of carbonyl (C=O) groups is 1. The third-order valence-electron chi connectivity index (χ3n) is 2.94. The number of aromatic nitrogens is 1. The molecule has 0 atom stereocenters. The number of pyridine rings is 1. The van der Waals surface area contributed by atoms with Gasteiger partial charge in [-0.2, -0.15) is 0 Å². The van der Waals surface area contributed by atoms with E-state index in [1.54, 1.807) is 18.5 Å². The van der Waals surface area contributed by atoms with Gasteiger partial charge >= 0.3 is 0 Å². The van der Waals surface area contributed by atoms with Crippen LogP contribution in [-0.4, -0.2) is 16.4 Å². The van der Waals surface area contributed by atoms with Crippen molar-refractivity contribution in [3.63, 3.8) is 0 Å². The van der Waals surface area contributed by atoms with E-state index in [0.29, 0.717) is 5.56 Å². The Morgan fingerprint density at radius 3 is 2.50 bits per heavy atom. The van der Waals surface area contributed by atoms with Gasteiger partial charge in [-0.05, 0) is 57.5 Å². The number of hydrogen-bond donors (Lipinski definition) is 2. The summed E-state index contributed by atoms with van der Waals surface area (Å²) in [5.41, 5.74) is 3.10. The standard InChI is InChI=1S/C17H20BrN3O/c1-11-7-13(5-6-15(11)18)20-16(22)12-8-14(10-19-9-12)21-17(2,3)4/h5-10,21H,1-4H3,(H,20,22). The van der Waals surface area contributed by atoms with Gasteiger partial charge in [0.2, 0.25) is 0 Å². The number of aryl methyl sites for hydroxylation is 1. The Labute approximate surface area is 139 Å². The second-order valence-electron chi connectivity index (χ2n) is 6.26. The van der Waals surface area contributed by atoms with Crippen molar-refractivity contribution in [2.24, 2.45) is 0 Å². The third kappa shape index (κ3) is 4.56. The molecule has 0 fully saturated rings. The minimum atomic E-state index is -0.174. The first kappa shape index (κ1) is 16.5. The molecular weight excluding hydrogens is 342 g/mol. The largest absolute Gasteiger partial charge is 0.379 e. The number of nitrogens with zero attached hydrogens (tertiary/aromatic N) is 1. The summed E-state index contributed by atoms with van der Waals surface area (Å²) in [6, 6.07) is 7.51. The summed E-state index contributed by atoms with van der Waals surface area (Å²) in [6.07, 6.45) is 3.28. The maximum atomic E-state index is 12.3. The lowest BCUT2D eigenvalue weighted by molar-refractivity contribution is 0.102. The highest BCUT2D eigenvalue weighted by molar-refractivity contribution is 9.10. The van der Waals surface area contributed by atoms with E-state index in [0.717, 1.165) is 21.4 Å². The highest BCUT2D eigenvalue weighted by Gasteiger charge is 2.12. The number of rotatable bonds is 3. The maximum absolute atomic E-state index is 12.3. The zero-order chi connectivity index (χ0) is 16.3. The van der Waals surface area contributed by atoms with Crippen molar-refractivity contribution in [1.29, 1.82) is 0 Å². The van der Waals surface area contributed by atoms with Gasteiger partial charge in [0.05, 0.1) is 11.3 Å². The van der Waals surface area contributed by atoms with Crippen LogP contribution in [0.3, 0.4) is 0 Å². The summed E-state index contributed by atoms with van der Waals surface area (Å²) in [6.45, 7) is 8.16. The number of hydrogen-bond acceptors (Lipinski definition) is 3. The molecule has 1 aromatic carbocycles. The van der Waals surface area contributed by atoms with Gasteiger partial charge in [-0.25, -0.2) is 0 Å². The highest BCUT2D eigenvalue weighted by atomic mass is 79.9. The molecule has 22 heavy (non-hydrogen) atoms. The molecule has 0 spiro atoms. The van der Waals surface area contributed by atoms with Crippen LogP contribution in [0, 0.1) is 6.92 Å². The summed E-state index contributed by atoms with van der Waals surface area (Å²) in [5, 5.41) is 6.20. The van der Waals surface area contributed by atoms with Crippen LogP contribution in [0.1, 0.15) is 36.7 Å². The van der Waals surface area contributed by atoms with E-state index in [1.807, 2.05) is 25.1 Å². The first-order chi connectivity index (χ1) is 10.2. The molecule has 0 bridgehead atoms. The van der Waals surface area contributed by atoms with Crippen LogP contribution < -0.4 is 10.6 Å². The van der Waals surface area contributed by atoms with Gasteiger partial charge in [-0.15, -0.1) is 0 Å². The van der Waals surface area contributed by atoms with Crippen LogP contribution >= 0.6 is 15.9 Å². The van der Waals surface area contributed by atoms with Crippen LogP contribution in [0.15, 0.2) is 41.1 Å². The quantitative estimate of drug-likeness (QED) is 0.838. The second-order valence-corrected chi connectivity index (χ2v) is 7.11. The molecule has 1 heterocycles. The minimum Gasteiger partial charge on any atom is -0.379 e. The van der Waals surface area contributed by atoms with Crippen molar-refractivity contribution in [2.75, 3.05) is 10.6 Å². The van der Waals surface area contributed by atoms with Crippen LogP contribution in [0.4, 0.5) is 11.4 Å². The first-order valence-corrected chi connectivity index (χ1v) is 7.85. The number of carbonyl (C=O) groups excluding carboxylic acids is 1. The fourth-order valence-electron chi connectivity index (χ4n) is 1.99. The highest BCUT2D eigenvalue weighted by Crippen LogP contribution is 2.21. The van der Waals surface area contributed by atoms with Crippen LogP contribution in [0.5, 0.6) is 0 Å². The topological polar surface area (TPSA) is 54.0 Å². The number of benzene rings is 1. The van der Waals surface area contributed by atoms with Crippen LogP contribution in [0.2, 0.25) is 0 Å². The number of halogens is 1. The van der Waals surface area contributed by atoms with E-state index in [1.165, 1.54) is 0 Å². The normalized spacial score (nSPS) is 11.1. The van der Waals surface area contributed by atoms with Crippen LogP contribution in [0.25, 0.3) is 0 Å². The summed E-state index contributed by atoms with van der Waals surface area (Å²) in [7, 11) is 0. The minimum absolute atomic E-state index is 0.0837. The van der Waals surface area contributed by atoms with Gasteiger partial charge in [-0.3, -0.25) is 9.78 Å². The Kier molecular flexibility index (Phi) is 4.86. The molecule has 0 unspecified atom stereocenters. The van der Waals surface area contributed by atoms with Crippen molar-refractivity contribution in [2.45, 2.75) is 33.2 Å². The summed E-state index contributed by atoms with van der Waals surface area (Å²) in [4.78, 5) is 16.5. The average molecular weight is 362 g/mol. The van der Waals surface area contributed by atoms with Gasteiger partial charge in [0.25, 0.3) is 5.91 Å². The Bertz CT molecular complexity index is 693. The molecule has 0 aliphatic carbocycles. The predicted molar refractivity (Wildman–Crippen MR) is 94.4 cm³/mol. The first-order valence-electron chi connectivity index (χ1n) is 7.05. The monoisotopic (exact) mass is 361 g/mol. The summed E-state index contributed by atoms with van der Waals surface area (Å²) < 4.78 is 1.02. The van der Waals surface area contributed by atoms with Crippen molar-refractivity contribution < 1.29 is 4.79 Å². The van der Waals surface area contributed by atoms with Crippen LogP contribution in [-0.2, 0) is 0 Å². The summed E-state index contributed by atoms with van der Waals surface area (Å²) in [5.74, 6) is -0.174. The van der Waals surface area contributed by atoms with E-state index in [4.69, 9.17) is 0 Å². The summed E-state index contributed by atoms with van der Waals surface area (Å²) >= 11 is 3.45. The van der Waals surface area contributed by atoms with Gasteiger partial charge in [0, 0.05) is 28.1 Å². The molecule has 2 N–H and O–H groups in total. The smallest absolute Gasteiger partial charge is 0.257 e. The Morgan fingerprint density at radius 2 is 1.86 bits per heavy atom. The predicted octanol–water partition coefficient (Wildman–Crippen LogP) is 4.62. The third-order valence-corrected chi connectivity index (χ3v) is 3.83. The number of nitrogens with one attached hydrogen (secondary N) is 2. The molecule has 0 saturated carbocycles. The number of amides is 1. The number of anilines is 2. The molecule has 5 heteroatoms. The molecule has 1 aromatic heterocycles. The molecule has 2 rings (SSSR count). The fraction of sp³-hybridized carbons (Fsp3) is 0.294. The lowest BCUT2D eigenvalue weighted by Crippen LogP contribution is -2.26. The lowest BCUT2D eigenvalue weighted by atomic mass is 10.1. The van der Waals surface area contributed by atoms with Crippen molar-refractivity contribution in [3.05, 3.63) is 52.3 Å². The van der Waals surface area contributed by atoms with Gasteiger partial charge in [-0.1, -0.05) is 15.9 Å². The molecule has 0 aliphatic heterocycles. The molecule has 0 aliphatic rings. The van der Waals surface area contributed by atoms with E-state index in [-0.39, 0.29) is 11.4 Å². The van der Waals surface area contributed by atoms with Gasteiger partial charge < -0.3 is 10.6 Å². The van der Waals surface area contributed by atoms with Gasteiger partial charge in [0.1, 0.15) is 0 Å². The lowest BCUT2D eigenvalue weighted by Gasteiger charge is -2.22. The Morgan fingerprint density at radius 1 is 1.14 bits per heavy atom. The molecule has 0 radical (unpaired) electrons. The molecule has 4 nitrogen and oxygen atoms in total. The average Bonchev–Trinajstić information content (AvgIpc) is 2.41. The molecular formula is C17H20BrN3O. The molecule has 1 amide bonds. The Balaban J connectivity index is 2.15. The van der Waals surface area contributed by atoms with E-state index in [9.17, 15) is 4.79 Å². The van der Waals surface area contributed by atoms with Gasteiger partial charge in [0.15, 0.2) is 0 Å². The fourth-order valence-corrected chi connectivity index (χ4v) is 2.24. The van der Waals surface area contributed by atoms with E-state index < -0.39 is 0 Å². The van der Waals surface area contributed by atoms with E-state index in [2.05, 4.69) is 52.3 Å². The van der Waals surface area contributed by atoms with Crippen molar-refractivity contribution >= 4 is 33.2 Å². The SMILES string of the molecule is Cc1cc(NC(=O)c2cncc(NC(C)(C)C)c2)ccc1Br. The maximum Gasteiger partial charge on any atom is 0.257 e. The van der Waals surface area contributed by atoms with E-state index >= 15 is 0 Å². The molecule has 2 aromatic rings. The van der Waals surface area contributed by atoms with Crippen molar-refractivity contribution in [3.8, 4) is 0 Å². The zero-order valence-electron chi connectivity index (χ0n) is 13.2. The van der Waals surface area contributed by atoms with Crippen molar-refractivity contribution in [1.82, 2.24) is 4.98 Å². The Hall–Kier alpha value is -1.88. The zero-order valence-corrected chi connectivity index (χ0v) is 14.8.